The molecule has 6 nitrogen and oxygen atoms in total. The van der Waals surface area contributed by atoms with Crippen molar-refractivity contribution in [2.75, 3.05) is 0 Å². The van der Waals surface area contributed by atoms with Crippen LogP contribution in [-0.4, -0.2) is 24.7 Å². The molecule has 0 aliphatic rings. The van der Waals surface area contributed by atoms with Crippen molar-refractivity contribution in [1.29, 1.82) is 0 Å². The second kappa shape index (κ2) is 6.72. The first-order valence-corrected chi connectivity index (χ1v) is 9.11. The highest BCUT2D eigenvalue weighted by molar-refractivity contribution is 6.30. The second-order valence-electron chi connectivity index (χ2n) is 6.47. The first-order chi connectivity index (χ1) is 14.1. The van der Waals surface area contributed by atoms with Gasteiger partial charge in [-0.05, 0) is 42.5 Å². The molecule has 8 heteroatoms. The number of hydrogen-bond donors (Lipinski definition) is 2. The van der Waals surface area contributed by atoms with E-state index in [2.05, 4.69) is 20.1 Å². The van der Waals surface area contributed by atoms with Crippen LogP contribution in [0.5, 0.6) is 5.88 Å². The SMILES string of the molecule is Oc1[nH]c2ccc(F)cc2c1/C=c1\cnn2ccc(=Nc3cccc(Cl)c3)nc12. The summed E-state index contributed by atoms with van der Waals surface area (Å²) in [4.78, 5) is 11.9. The zero-order chi connectivity index (χ0) is 20.0. The molecule has 2 N–H and O–H groups in total. The van der Waals surface area contributed by atoms with Crippen LogP contribution in [0.4, 0.5) is 10.1 Å². The van der Waals surface area contributed by atoms with E-state index in [0.29, 0.717) is 43.5 Å². The number of nitrogens with zero attached hydrogens (tertiary/aromatic N) is 4. The lowest BCUT2D eigenvalue weighted by Crippen LogP contribution is -2.12. The first kappa shape index (κ1) is 17.4. The van der Waals surface area contributed by atoms with Crippen LogP contribution in [0, 0.1) is 5.82 Å². The van der Waals surface area contributed by atoms with Gasteiger partial charge in [0.15, 0.2) is 17.0 Å². The zero-order valence-corrected chi connectivity index (χ0v) is 15.6. The number of nitrogens with one attached hydrogen (secondary N) is 1. The number of H-pyrrole nitrogens is 1. The summed E-state index contributed by atoms with van der Waals surface area (Å²) >= 11 is 6.01. The third-order valence-electron chi connectivity index (χ3n) is 4.51. The molecule has 0 radical (unpaired) electrons. The summed E-state index contributed by atoms with van der Waals surface area (Å²) in [6.07, 6.45) is 5.09. The molecule has 0 aliphatic heterocycles. The fourth-order valence-corrected chi connectivity index (χ4v) is 3.38. The van der Waals surface area contributed by atoms with Crippen molar-refractivity contribution in [2.45, 2.75) is 0 Å². The molecule has 0 saturated carbocycles. The average Bonchev–Trinajstić information content (AvgIpc) is 3.23. The molecule has 5 aromatic rings. The normalized spacial score (nSPS) is 13.0. The van der Waals surface area contributed by atoms with E-state index in [-0.39, 0.29) is 11.7 Å². The standard InChI is InChI=1S/C21H13ClFN5O/c22-13-2-1-3-15(9-13)25-19-6-7-28-20(27-19)12(11-24-28)8-17-16-10-14(23)4-5-18(16)26-21(17)29/h1-11,26,29H/b12-8+,25-19?. The Morgan fingerprint density at radius 2 is 2.07 bits per heavy atom. The van der Waals surface area contributed by atoms with Crippen LogP contribution in [0.3, 0.4) is 0 Å². The number of halogens is 2. The smallest absolute Gasteiger partial charge is 0.196 e. The fourth-order valence-electron chi connectivity index (χ4n) is 3.19. The molecule has 0 unspecified atom stereocenters. The van der Waals surface area contributed by atoms with Gasteiger partial charge in [0.25, 0.3) is 0 Å². The van der Waals surface area contributed by atoms with Crippen LogP contribution in [0.15, 0.2) is 65.9 Å². The molecule has 0 fully saturated rings. The Morgan fingerprint density at radius 3 is 2.93 bits per heavy atom. The Morgan fingerprint density at radius 1 is 1.17 bits per heavy atom. The summed E-state index contributed by atoms with van der Waals surface area (Å²) in [7, 11) is 0. The van der Waals surface area contributed by atoms with E-state index in [4.69, 9.17) is 11.6 Å². The second-order valence-corrected chi connectivity index (χ2v) is 6.90. The number of aromatic nitrogens is 4. The van der Waals surface area contributed by atoms with Gasteiger partial charge in [-0.2, -0.15) is 5.10 Å². The maximum absolute atomic E-state index is 13.7. The third kappa shape index (κ3) is 3.21. The minimum Gasteiger partial charge on any atom is -0.494 e. The molecule has 0 aliphatic carbocycles. The minimum atomic E-state index is -0.383. The van der Waals surface area contributed by atoms with E-state index in [1.165, 1.54) is 12.1 Å². The Balaban J connectivity index is 1.71. The van der Waals surface area contributed by atoms with E-state index in [1.54, 1.807) is 47.3 Å². The predicted octanol–water partition coefficient (Wildman–Crippen LogP) is 3.49. The van der Waals surface area contributed by atoms with Gasteiger partial charge < -0.3 is 10.1 Å². The molecule has 3 aromatic heterocycles. The van der Waals surface area contributed by atoms with Gasteiger partial charge in [-0.1, -0.05) is 17.7 Å². The van der Waals surface area contributed by atoms with Gasteiger partial charge in [0.2, 0.25) is 0 Å². The van der Waals surface area contributed by atoms with E-state index in [1.807, 2.05) is 12.1 Å². The van der Waals surface area contributed by atoms with E-state index >= 15 is 0 Å². The fraction of sp³-hybridized carbons (Fsp3) is 0. The van der Waals surface area contributed by atoms with Gasteiger partial charge in [0.05, 0.1) is 11.9 Å². The Bertz CT molecular complexity index is 1510. The van der Waals surface area contributed by atoms with E-state index < -0.39 is 0 Å². The van der Waals surface area contributed by atoms with Crippen molar-refractivity contribution in [2.24, 2.45) is 4.99 Å². The molecule has 3 heterocycles. The van der Waals surface area contributed by atoms with Crippen LogP contribution < -0.4 is 10.7 Å². The maximum Gasteiger partial charge on any atom is 0.196 e. The van der Waals surface area contributed by atoms with Gasteiger partial charge in [0.1, 0.15) is 5.82 Å². The summed E-state index contributed by atoms with van der Waals surface area (Å²) < 4.78 is 15.3. The molecule has 0 spiro atoms. The lowest BCUT2D eigenvalue weighted by Gasteiger charge is -1.96. The van der Waals surface area contributed by atoms with Crippen molar-refractivity contribution in [3.8, 4) is 5.88 Å². The van der Waals surface area contributed by atoms with Crippen LogP contribution in [0.25, 0.3) is 22.6 Å². The molecule has 2 aromatic carbocycles. The van der Waals surface area contributed by atoms with Crippen LogP contribution in [0.1, 0.15) is 5.56 Å². The third-order valence-corrected chi connectivity index (χ3v) is 4.75. The van der Waals surface area contributed by atoms with Gasteiger partial charge in [-0.3, -0.25) is 0 Å². The number of aromatic amines is 1. The Kier molecular flexibility index (Phi) is 4.03. The number of benzene rings is 2. The van der Waals surface area contributed by atoms with E-state index in [9.17, 15) is 9.50 Å². The van der Waals surface area contributed by atoms with E-state index in [0.717, 1.165) is 0 Å². The summed E-state index contributed by atoms with van der Waals surface area (Å²) in [6.45, 7) is 0. The van der Waals surface area contributed by atoms with Crippen LogP contribution in [-0.2, 0) is 0 Å². The highest BCUT2D eigenvalue weighted by atomic mass is 35.5. The summed E-state index contributed by atoms with van der Waals surface area (Å²) in [5.41, 5.74) is 2.83. The molecule has 0 saturated heterocycles. The maximum atomic E-state index is 13.7. The van der Waals surface area contributed by atoms with Crippen molar-refractivity contribution in [1.82, 2.24) is 19.6 Å². The van der Waals surface area contributed by atoms with Gasteiger partial charge in [-0.25, -0.2) is 18.9 Å². The first-order valence-electron chi connectivity index (χ1n) is 8.73. The molecule has 0 bridgehead atoms. The molecule has 0 atom stereocenters. The van der Waals surface area contributed by atoms with Crippen LogP contribution in [0.2, 0.25) is 5.02 Å². The lowest BCUT2D eigenvalue weighted by atomic mass is 10.1. The Hall–Kier alpha value is -3.71. The highest BCUT2D eigenvalue weighted by Gasteiger charge is 2.10. The molecule has 142 valence electrons. The minimum absolute atomic E-state index is 0.0512. The quantitative estimate of drug-likeness (QED) is 0.472. The predicted molar refractivity (Wildman–Crippen MR) is 108 cm³/mol. The van der Waals surface area contributed by atoms with Crippen molar-refractivity contribution < 1.29 is 9.50 Å². The lowest BCUT2D eigenvalue weighted by molar-refractivity contribution is 0.457. The summed E-state index contributed by atoms with van der Waals surface area (Å²) in [5, 5.41) is 16.4. The Labute approximate surface area is 168 Å². The number of aromatic hydroxyl groups is 1. The monoisotopic (exact) mass is 405 g/mol. The molecule has 29 heavy (non-hydrogen) atoms. The largest absolute Gasteiger partial charge is 0.494 e. The zero-order valence-electron chi connectivity index (χ0n) is 14.8. The average molecular weight is 406 g/mol. The summed E-state index contributed by atoms with van der Waals surface area (Å²) in [5.74, 6) is -0.434. The van der Waals surface area contributed by atoms with Crippen molar-refractivity contribution in [3.63, 3.8) is 0 Å². The molecular formula is C21H13ClFN5O. The van der Waals surface area contributed by atoms with Crippen LogP contribution >= 0.6 is 11.6 Å². The van der Waals surface area contributed by atoms with Gasteiger partial charge >= 0.3 is 0 Å². The highest BCUT2D eigenvalue weighted by Crippen LogP contribution is 2.28. The molecular weight excluding hydrogens is 393 g/mol. The van der Waals surface area contributed by atoms with Gasteiger partial charge in [-0.15, -0.1) is 0 Å². The topological polar surface area (TPSA) is 78.6 Å². The number of rotatable bonds is 2. The van der Waals surface area contributed by atoms with Gasteiger partial charge in [0, 0.05) is 39.0 Å². The molecule has 0 amide bonds. The summed E-state index contributed by atoms with van der Waals surface area (Å²) in [6, 6.07) is 13.2. The number of fused-ring (bicyclic) bond motifs is 2. The van der Waals surface area contributed by atoms with Crippen molar-refractivity contribution in [3.05, 3.63) is 88.0 Å². The van der Waals surface area contributed by atoms with Crippen molar-refractivity contribution >= 4 is 39.9 Å². The molecule has 5 rings (SSSR count). The number of hydrogen-bond acceptors (Lipinski definition) is 4.